The van der Waals surface area contributed by atoms with Gasteiger partial charge in [-0.1, -0.05) is 30.7 Å². The van der Waals surface area contributed by atoms with Crippen molar-refractivity contribution in [1.82, 2.24) is 0 Å². The highest BCUT2D eigenvalue weighted by Crippen LogP contribution is 2.38. The number of aliphatic hydroxyl groups excluding tert-OH is 1. The molecule has 0 spiro atoms. The molecular formula is C16H22O2. The van der Waals surface area contributed by atoms with E-state index in [4.69, 9.17) is 4.74 Å². The Balaban J connectivity index is 1.73. The average molecular weight is 246 g/mol. The molecule has 1 aliphatic heterocycles. The van der Waals surface area contributed by atoms with Crippen LogP contribution in [-0.4, -0.2) is 18.3 Å². The van der Waals surface area contributed by atoms with Gasteiger partial charge in [0, 0.05) is 12.5 Å². The lowest BCUT2D eigenvalue weighted by Crippen LogP contribution is -2.23. The van der Waals surface area contributed by atoms with Gasteiger partial charge in [-0.2, -0.15) is 0 Å². The summed E-state index contributed by atoms with van der Waals surface area (Å²) >= 11 is 0. The van der Waals surface area contributed by atoms with E-state index in [0.29, 0.717) is 6.61 Å². The Bertz CT molecular complexity index is 392. The van der Waals surface area contributed by atoms with Crippen molar-refractivity contribution >= 4 is 0 Å². The van der Waals surface area contributed by atoms with E-state index in [1.807, 2.05) is 0 Å². The van der Waals surface area contributed by atoms with Gasteiger partial charge in [0.1, 0.15) is 0 Å². The molecule has 0 bridgehead atoms. The number of rotatable bonds is 3. The summed E-state index contributed by atoms with van der Waals surface area (Å²) < 4.78 is 5.47. The van der Waals surface area contributed by atoms with Crippen LogP contribution in [0, 0.1) is 5.92 Å². The molecule has 98 valence electrons. The predicted molar refractivity (Wildman–Crippen MR) is 71.5 cm³/mol. The van der Waals surface area contributed by atoms with Crippen LogP contribution < -0.4 is 0 Å². The summed E-state index contributed by atoms with van der Waals surface area (Å²) in [7, 11) is 0. The van der Waals surface area contributed by atoms with Gasteiger partial charge in [-0.05, 0) is 42.7 Å². The molecule has 1 saturated carbocycles. The first-order valence-corrected chi connectivity index (χ1v) is 7.20. The summed E-state index contributed by atoms with van der Waals surface area (Å²) in [5, 5.41) is 10.5. The minimum Gasteiger partial charge on any atom is -0.388 e. The first kappa shape index (κ1) is 12.2. The maximum Gasteiger partial charge on any atom is 0.0840 e. The van der Waals surface area contributed by atoms with Crippen molar-refractivity contribution in [2.75, 3.05) is 13.2 Å². The molecule has 0 amide bonds. The molecule has 2 nitrogen and oxygen atoms in total. The SMILES string of the molecule is OC(c1cccc(C2CCC2)c1)C1CCCOC1. The molecule has 1 aromatic carbocycles. The van der Waals surface area contributed by atoms with Crippen molar-refractivity contribution in [3.63, 3.8) is 0 Å². The lowest BCUT2D eigenvalue weighted by atomic mass is 9.79. The van der Waals surface area contributed by atoms with E-state index in [9.17, 15) is 5.11 Å². The second-order valence-electron chi connectivity index (χ2n) is 5.72. The van der Waals surface area contributed by atoms with Gasteiger partial charge in [-0.25, -0.2) is 0 Å². The Morgan fingerprint density at radius 1 is 1.17 bits per heavy atom. The highest BCUT2D eigenvalue weighted by atomic mass is 16.5. The lowest BCUT2D eigenvalue weighted by molar-refractivity contribution is -0.0100. The molecule has 2 unspecified atom stereocenters. The fraction of sp³-hybridized carbons (Fsp3) is 0.625. The van der Waals surface area contributed by atoms with Gasteiger partial charge in [-0.3, -0.25) is 0 Å². The van der Waals surface area contributed by atoms with Crippen molar-refractivity contribution in [3.8, 4) is 0 Å². The Hall–Kier alpha value is -0.860. The summed E-state index contributed by atoms with van der Waals surface area (Å²) in [5.74, 6) is 1.01. The molecule has 0 aromatic heterocycles. The van der Waals surface area contributed by atoms with Crippen LogP contribution in [0.2, 0.25) is 0 Å². The number of ether oxygens (including phenoxy) is 1. The van der Waals surface area contributed by atoms with Gasteiger partial charge in [0.25, 0.3) is 0 Å². The molecule has 2 aliphatic rings. The van der Waals surface area contributed by atoms with Crippen molar-refractivity contribution < 1.29 is 9.84 Å². The number of aliphatic hydroxyl groups is 1. The fourth-order valence-corrected chi connectivity index (χ4v) is 3.03. The van der Waals surface area contributed by atoms with Gasteiger partial charge in [-0.15, -0.1) is 0 Å². The van der Waals surface area contributed by atoms with E-state index < -0.39 is 0 Å². The van der Waals surface area contributed by atoms with Crippen LogP contribution >= 0.6 is 0 Å². The van der Waals surface area contributed by atoms with Crippen LogP contribution in [0.15, 0.2) is 24.3 Å². The predicted octanol–water partition coefficient (Wildman–Crippen LogP) is 3.41. The molecule has 2 fully saturated rings. The summed E-state index contributed by atoms with van der Waals surface area (Å²) in [6.07, 6.45) is 5.77. The van der Waals surface area contributed by atoms with Crippen LogP contribution in [0.25, 0.3) is 0 Å². The number of benzene rings is 1. The van der Waals surface area contributed by atoms with Crippen LogP contribution in [0.3, 0.4) is 0 Å². The van der Waals surface area contributed by atoms with Gasteiger partial charge < -0.3 is 9.84 Å². The van der Waals surface area contributed by atoms with E-state index in [2.05, 4.69) is 24.3 Å². The zero-order chi connectivity index (χ0) is 12.4. The molecule has 1 N–H and O–H groups in total. The fourth-order valence-electron chi connectivity index (χ4n) is 3.03. The molecule has 0 radical (unpaired) electrons. The maximum absolute atomic E-state index is 10.5. The van der Waals surface area contributed by atoms with Crippen LogP contribution in [-0.2, 0) is 4.74 Å². The smallest absolute Gasteiger partial charge is 0.0840 e. The number of hydrogen-bond donors (Lipinski definition) is 1. The molecular weight excluding hydrogens is 224 g/mol. The van der Waals surface area contributed by atoms with E-state index in [0.717, 1.165) is 30.9 Å². The Morgan fingerprint density at radius 3 is 2.72 bits per heavy atom. The third-order valence-electron chi connectivity index (χ3n) is 4.47. The van der Waals surface area contributed by atoms with Crippen LogP contribution in [0.5, 0.6) is 0 Å². The average Bonchev–Trinajstić information content (AvgIpc) is 2.37. The largest absolute Gasteiger partial charge is 0.388 e. The third-order valence-corrected chi connectivity index (χ3v) is 4.47. The molecule has 2 heteroatoms. The van der Waals surface area contributed by atoms with E-state index in [-0.39, 0.29) is 12.0 Å². The van der Waals surface area contributed by atoms with Crippen LogP contribution in [0.1, 0.15) is 55.3 Å². The molecule has 1 aliphatic carbocycles. The Morgan fingerprint density at radius 2 is 2.06 bits per heavy atom. The minimum atomic E-state index is -0.356. The van der Waals surface area contributed by atoms with E-state index >= 15 is 0 Å². The third kappa shape index (κ3) is 2.45. The van der Waals surface area contributed by atoms with Crippen molar-refractivity contribution in [2.24, 2.45) is 5.92 Å². The molecule has 3 rings (SSSR count). The zero-order valence-electron chi connectivity index (χ0n) is 10.8. The van der Waals surface area contributed by atoms with Gasteiger partial charge in [0.2, 0.25) is 0 Å². The summed E-state index contributed by atoms with van der Waals surface area (Å²) in [6, 6.07) is 8.57. The summed E-state index contributed by atoms with van der Waals surface area (Å²) in [4.78, 5) is 0. The first-order chi connectivity index (χ1) is 8.84. The Labute approximate surface area is 109 Å². The normalized spacial score (nSPS) is 26.6. The van der Waals surface area contributed by atoms with Crippen LogP contribution in [0.4, 0.5) is 0 Å². The summed E-state index contributed by atoms with van der Waals surface area (Å²) in [5.41, 5.74) is 2.49. The second kappa shape index (κ2) is 5.41. The van der Waals surface area contributed by atoms with E-state index in [1.165, 1.54) is 24.8 Å². The topological polar surface area (TPSA) is 29.5 Å². The molecule has 1 saturated heterocycles. The second-order valence-corrected chi connectivity index (χ2v) is 5.72. The molecule has 1 heterocycles. The minimum absolute atomic E-state index is 0.274. The lowest BCUT2D eigenvalue weighted by Gasteiger charge is -2.29. The van der Waals surface area contributed by atoms with Gasteiger partial charge >= 0.3 is 0 Å². The highest BCUT2D eigenvalue weighted by Gasteiger charge is 2.25. The standard InChI is InChI=1S/C16H22O2/c17-16(15-8-3-9-18-11-15)14-7-2-6-13(10-14)12-4-1-5-12/h2,6-7,10,12,15-17H,1,3-5,8-9,11H2. The molecule has 18 heavy (non-hydrogen) atoms. The quantitative estimate of drug-likeness (QED) is 0.885. The monoisotopic (exact) mass is 246 g/mol. The Kier molecular flexibility index (Phi) is 3.67. The van der Waals surface area contributed by atoms with Crippen molar-refractivity contribution in [1.29, 1.82) is 0 Å². The first-order valence-electron chi connectivity index (χ1n) is 7.20. The van der Waals surface area contributed by atoms with Gasteiger partial charge in [0.15, 0.2) is 0 Å². The number of hydrogen-bond acceptors (Lipinski definition) is 2. The highest BCUT2D eigenvalue weighted by molar-refractivity contribution is 5.29. The zero-order valence-corrected chi connectivity index (χ0v) is 10.8. The van der Waals surface area contributed by atoms with E-state index in [1.54, 1.807) is 0 Å². The molecule has 1 aromatic rings. The van der Waals surface area contributed by atoms with Crippen molar-refractivity contribution in [3.05, 3.63) is 35.4 Å². The maximum atomic E-state index is 10.5. The van der Waals surface area contributed by atoms with Gasteiger partial charge in [0.05, 0.1) is 12.7 Å². The van der Waals surface area contributed by atoms with Crippen molar-refractivity contribution in [2.45, 2.75) is 44.1 Å². The molecule has 2 atom stereocenters. The summed E-state index contributed by atoms with van der Waals surface area (Å²) in [6.45, 7) is 1.56.